The molecule has 1 aromatic rings. The Morgan fingerprint density at radius 1 is 1.50 bits per heavy atom. The normalized spacial score (nSPS) is 14.9. The summed E-state index contributed by atoms with van der Waals surface area (Å²) < 4.78 is 0. The lowest BCUT2D eigenvalue weighted by molar-refractivity contribution is -0.126. The molecule has 96 valence electrons. The molecule has 0 heterocycles. The smallest absolute Gasteiger partial charge is 0.246 e. The van der Waals surface area contributed by atoms with Gasteiger partial charge >= 0.3 is 0 Å². The predicted octanol–water partition coefficient (Wildman–Crippen LogP) is 2.68. The molecular weight excluding hydrogens is 224 g/mol. The van der Waals surface area contributed by atoms with Gasteiger partial charge in [0, 0.05) is 24.4 Å². The van der Waals surface area contributed by atoms with E-state index in [0.717, 1.165) is 37.1 Å². The fourth-order valence-corrected chi connectivity index (χ4v) is 2.03. The van der Waals surface area contributed by atoms with Gasteiger partial charge in [-0.3, -0.25) is 4.79 Å². The molecule has 1 aliphatic rings. The van der Waals surface area contributed by atoms with Gasteiger partial charge in [-0.25, -0.2) is 0 Å². The monoisotopic (exact) mass is 244 g/mol. The molecule has 0 atom stereocenters. The maximum Gasteiger partial charge on any atom is 0.246 e. The van der Waals surface area contributed by atoms with E-state index in [4.69, 9.17) is 5.73 Å². The van der Waals surface area contributed by atoms with Crippen molar-refractivity contribution in [2.24, 2.45) is 0 Å². The van der Waals surface area contributed by atoms with E-state index in [9.17, 15) is 4.79 Å². The van der Waals surface area contributed by atoms with Gasteiger partial charge in [0.05, 0.1) is 0 Å². The SMILES string of the molecule is CCCN(C(=O)/C=C/c1cccc(N)c1)C1CC1. The Balaban J connectivity index is 2.01. The lowest BCUT2D eigenvalue weighted by Crippen LogP contribution is -2.32. The molecule has 1 amide bonds. The minimum atomic E-state index is 0.113. The number of anilines is 1. The van der Waals surface area contributed by atoms with Crippen LogP contribution in [-0.4, -0.2) is 23.4 Å². The minimum Gasteiger partial charge on any atom is -0.399 e. The van der Waals surface area contributed by atoms with Crippen LogP contribution < -0.4 is 5.73 Å². The summed E-state index contributed by atoms with van der Waals surface area (Å²) in [7, 11) is 0. The van der Waals surface area contributed by atoms with E-state index >= 15 is 0 Å². The Morgan fingerprint density at radius 2 is 2.28 bits per heavy atom. The molecular formula is C15H20N2O. The molecule has 2 N–H and O–H groups in total. The predicted molar refractivity (Wildman–Crippen MR) is 74.9 cm³/mol. The zero-order valence-electron chi connectivity index (χ0n) is 10.8. The van der Waals surface area contributed by atoms with Gasteiger partial charge in [-0.1, -0.05) is 19.1 Å². The highest BCUT2D eigenvalue weighted by atomic mass is 16.2. The van der Waals surface area contributed by atoms with Crippen LogP contribution in [0.25, 0.3) is 6.08 Å². The van der Waals surface area contributed by atoms with Crippen molar-refractivity contribution in [1.29, 1.82) is 0 Å². The summed E-state index contributed by atoms with van der Waals surface area (Å²) in [4.78, 5) is 14.1. The molecule has 0 unspecified atom stereocenters. The van der Waals surface area contributed by atoms with Crippen LogP contribution in [0.1, 0.15) is 31.7 Å². The fraction of sp³-hybridized carbons (Fsp3) is 0.400. The van der Waals surface area contributed by atoms with Crippen molar-refractivity contribution >= 4 is 17.7 Å². The summed E-state index contributed by atoms with van der Waals surface area (Å²) >= 11 is 0. The number of amides is 1. The highest BCUT2D eigenvalue weighted by Gasteiger charge is 2.30. The summed E-state index contributed by atoms with van der Waals surface area (Å²) in [6, 6.07) is 8.02. The van der Waals surface area contributed by atoms with Crippen molar-refractivity contribution in [3.8, 4) is 0 Å². The van der Waals surface area contributed by atoms with Crippen molar-refractivity contribution in [3.05, 3.63) is 35.9 Å². The second-order valence-corrected chi connectivity index (χ2v) is 4.77. The van der Waals surface area contributed by atoms with Crippen LogP contribution in [0.2, 0.25) is 0 Å². The number of hydrogen-bond donors (Lipinski definition) is 1. The Labute approximate surface area is 108 Å². The van der Waals surface area contributed by atoms with Gasteiger partial charge in [0.1, 0.15) is 0 Å². The van der Waals surface area contributed by atoms with Crippen LogP contribution in [0, 0.1) is 0 Å². The van der Waals surface area contributed by atoms with Gasteiger partial charge in [-0.2, -0.15) is 0 Å². The van der Waals surface area contributed by atoms with Gasteiger partial charge in [0.15, 0.2) is 0 Å². The number of nitrogens with zero attached hydrogens (tertiary/aromatic N) is 1. The van der Waals surface area contributed by atoms with Crippen molar-refractivity contribution in [1.82, 2.24) is 4.90 Å². The molecule has 3 heteroatoms. The second kappa shape index (κ2) is 5.71. The first-order valence-electron chi connectivity index (χ1n) is 6.55. The summed E-state index contributed by atoms with van der Waals surface area (Å²) in [5.74, 6) is 0.113. The minimum absolute atomic E-state index is 0.113. The van der Waals surface area contributed by atoms with Crippen molar-refractivity contribution < 1.29 is 4.79 Å². The van der Waals surface area contributed by atoms with Crippen LogP contribution in [0.4, 0.5) is 5.69 Å². The molecule has 0 aromatic heterocycles. The summed E-state index contributed by atoms with van der Waals surface area (Å²) in [6.45, 7) is 2.95. The van der Waals surface area contributed by atoms with Gasteiger partial charge in [-0.15, -0.1) is 0 Å². The average Bonchev–Trinajstić information content (AvgIpc) is 3.17. The third-order valence-electron chi connectivity index (χ3n) is 3.06. The second-order valence-electron chi connectivity index (χ2n) is 4.77. The van der Waals surface area contributed by atoms with Crippen LogP contribution >= 0.6 is 0 Å². The van der Waals surface area contributed by atoms with Crippen LogP contribution in [0.15, 0.2) is 30.3 Å². The Hall–Kier alpha value is -1.77. The number of rotatable bonds is 5. The lowest BCUT2D eigenvalue weighted by atomic mass is 10.2. The Kier molecular flexibility index (Phi) is 4.03. The van der Waals surface area contributed by atoms with Gasteiger partial charge < -0.3 is 10.6 Å². The third-order valence-corrected chi connectivity index (χ3v) is 3.06. The summed E-state index contributed by atoms with van der Waals surface area (Å²) in [5, 5.41) is 0. The summed E-state index contributed by atoms with van der Waals surface area (Å²) in [5.41, 5.74) is 7.39. The molecule has 3 nitrogen and oxygen atoms in total. The standard InChI is InChI=1S/C15H20N2O/c1-2-10-17(14-7-8-14)15(18)9-6-12-4-3-5-13(16)11-12/h3-6,9,11,14H,2,7-8,10,16H2,1H3/b9-6+. The Morgan fingerprint density at radius 3 is 2.89 bits per heavy atom. The number of nitrogens with two attached hydrogens (primary N) is 1. The molecule has 0 radical (unpaired) electrons. The van der Waals surface area contributed by atoms with Gasteiger partial charge in [-0.05, 0) is 43.0 Å². The molecule has 18 heavy (non-hydrogen) atoms. The molecule has 0 aliphatic heterocycles. The number of benzene rings is 1. The van der Waals surface area contributed by atoms with Crippen molar-refractivity contribution in [3.63, 3.8) is 0 Å². The van der Waals surface area contributed by atoms with Crippen LogP contribution in [0.3, 0.4) is 0 Å². The molecule has 2 rings (SSSR count). The van der Waals surface area contributed by atoms with E-state index in [2.05, 4.69) is 6.92 Å². The maximum atomic E-state index is 12.1. The van der Waals surface area contributed by atoms with Gasteiger partial charge in [0.2, 0.25) is 5.91 Å². The Bertz CT molecular complexity index is 450. The molecule has 0 spiro atoms. The zero-order chi connectivity index (χ0) is 13.0. The van der Waals surface area contributed by atoms with Gasteiger partial charge in [0.25, 0.3) is 0 Å². The van der Waals surface area contributed by atoms with Crippen molar-refractivity contribution in [2.45, 2.75) is 32.2 Å². The molecule has 1 saturated carbocycles. The molecule has 0 saturated heterocycles. The number of carbonyl (C=O) groups excluding carboxylic acids is 1. The number of nitrogen functional groups attached to an aromatic ring is 1. The average molecular weight is 244 g/mol. The largest absolute Gasteiger partial charge is 0.399 e. The summed E-state index contributed by atoms with van der Waals surface area (Å²) in [6.07, 6.45) is 6.80. The van der Waals surface area contributed by atoms with E-state index in [1.165, 1.54) is 0 Å². The maximum absolute atomic E-state index is 12.1. The van der Waals surface area contributed by atoms with E-state index in [1.807, 2.05) is 35.2 Å². The van der Waals surface area contributed by atoms with E-state index in [-0.39, 0.29) is 5.91 Å². The highest BCUT2D eigenvalue weighted by Crippen LogP contribution is 2.27. The van der Waals surface area contributed by atoms with Crippen LogP contribution in [0.5, 0.6) is 0 Å². The highest BCUT2D eigenvalue weighted by molar-refractivity contribution is 5.92. The molecule has 1 aliphatic carbocycles. The lowest BCUT2D eigenvalue weighted by Gasteiger charge is -2.19. The zero-order valence-corrected chi connectivity index (χ0v) is 10.8. The molecule has 1 aromatic carbocycles. The first-order chi connectivity index (χ1) is 8.70. The van der Waals surface area contributed by atoms with E-state index < -0.39 is 0 Å². The quantitative estimate of drug-likeness (QED) is 0.639. The van der Waals surface area contributed by atoms with E-state index in [0.29, 0.717) is 6.04 Å². The topological polar surface area (TPSA) is 46.3 Å². The third kappa shape index (κ3) is 3.36. The first kappa shape index (κ1) is 12.7. The van der Waals surface area contributed by atoms with E-state index in [1.54, 1.807) is 6.08 Å². The first-order valence-corrected chi connectivity index (χ1v) is 6.55. The number of hydrogen-bond acceptors (Lipinski definition) is 2. The molecule has 1 fully saturated rings. The number of carbonyl (C=O) groups is 1. The molecule has 0 bridgehead atoms. The fourth-order valence-electron chi connectivity index (χ4n) is 2.03. The van der Waals surface area contributed by atoms with Crippen molar-refractivity contribution in [2.75, 3.05) is 12.3 Å². The van der Waals surface area contributed by atoms with Crippen LogP contribution in [-0.2, 0) is 4.79 Å².